The van der Waals surface area contributed by atoms with E-state index in [1.165, 1.54) is 0 Å². The van der Waals surface area contributed by atoms with Gasteiger partial charge in [0.25, 0.3) is 0 Å². The third-order valence-corrected chi connectivity index (χ3v) is 8.26. The molecule has 1 unspecified atom stereocenters. The molecule has 3 aromatic carbocycles. The normalized spacial score (nSPS) is 18.1. The molecular weight excluding hydrogens is 522 g/mol. The van der Waals surface area contributed by atoms with Crippen LogP contribution in [-0.4, -0.2) is 44.3 Å². The molecule has 2 fully saturated rings. The summed E-state index contributed by atoms with van der Waals surface area (Å²) < 4.78 is 8.02. The Morgan fingerprint density at radius 1 is 0.900 bits per heavy atom. The van der Waals surface area contributed by atoms with Gasteiger partial charge in [-0.1, -0.05) is 60.1 Å². The molecule has 1 N–H and O–H groups in total. The fraction of sp³-hybridized carbons (Fsp3) is 0.394. The smallest absolute Gasteiger partial charge is 0.410 e. The summed E-state index contributed by atoms with van der Waals surface area (Å²) in [6.45, 7) is 6.98. The maximum atomic E-state index is 12.7. The van der Waals surface area contributed by atoms with Gasteiger partial charge in [0, 0.05) is 30.1 Å². The number of nitrogens with zero attached hydrogens (tertiary/aromatic N) is 3. The number of aliphatic hydroxyl groups is 1. The molecule has 2 aliphatic rings. The van der Waals surface area contributed by atoms with E-state index in [0.717, 1.165) is 59.2 Å². The number of amides is 1. The Morgan fingerprint density at radius 2 is 1.52 bits per heavy atom. The number of imidazole rings is 1. The second-order valence-corrected chi connectivity index (χ2v) is 12.5. The van der Waals surface area contributed by atoms with Gasteiger partial charge in [-0.15, -0.1) is 0 Å². The topological polar surface area (TPSA) is 67.6 Å². The van der Waals surface area contributed by atoms with Crippen LogP contribution in [0.1, 0.15) is 80.9 Å². The number of benzene rings is 3. The molecule has 1 aromatic heterocycles. The zero-order valence-electron chi connectivity index (χ0n) is 23.3. The van der Waals surface area contributed by atoms with Crippen LogP contribution in [-0.2, 0) is 10.3 Å². The quantitative estimate of drug-likeness (QED) is 0.259. The van der Waals surface area contributed by atoms with E-state index in [2.05, 4.69) is 10.6 Å². The molecule has 7 heteroatoms. The lowest BCUT2D eigenvalue weighted by molar-refractivity contribution is 0.0189. The van der Waals surface area contributed by atoms with Crippen molar-refractivity contribution in [2.45, 2.75) is 69.6 Å². The van der Waals surface area contributed by atoms with Gasteiger partial charge in [-0.3, -0.25) is 0 Å². The monoisotopic (exact) mass is 557 g/mol. The maximum absolute atomic E-state index is 12.7. The first kappa shape index (κ1) is 26.9. The fourth-order valence-corrected chi connectivity index (χ4v) is 5.98. The fourth-order valence-electron chi connectivity index (χ4n) is 5.85. The molecule has 1 atom stereocenters. The number of halogens is 1. The van der Waals surface area contributed by atoms with Crippen LogP contribution in [0.25, 0.3) is 11.0 Å². The summed E-state index contributed by atoms with van der Waals surface area (Å²) in [5.74, 6) is 1.58. The van der Waals surface area contributed by atoms with Crippen molar-refractivity contribution in [1.82, 2.24) is 14.5 Å². The van der Waals surface area contributed by atoms with Crippen molar-refractivity contribution in [3.05, 3.63) is 100 Å². The van der Waals surface area contributed by atoms with Gasteiger partial charge in [0.15, 0.2) is 0 Å². The van der Waals surface area contributed by atoms with E-state index in [4.69, 9.17) is 21.3 Å². The van der Waals surface area contributed by atoms with E-state index in [-0.39, 0.29) is 12.1 Å². The van der Waals surface area contributed by atoms with E-state index in [1.54, 1.807) is 0 Å². The van der Waals surface area contributed by atoms with Crippen molar-refractivity contribution in [3.63, 3.8) is 0 Å². The maximum Gasteiger partial charge on any atom is 0.410 e. The largest absolute Gasteiger partial charge is 0.444 e. The summed E-state index contributed by atoms with van der Waals surface area (Å²) in [6, 6.07) is 23.5. The summed E-state index contributed by atoms with van der Waals surface area (Å²) in [6.07, 6.45) is 3.70. The van der Waals surface area contributed by atoms with E-state index >= 15 is 0 Å². The van der Waals surface area contributed by atoms with Crippen LogP contribution in [0.15, 0.2) is 72.8 Å². The van der Waals surface area contributed by atoms with Crippen molar-refractivity contribution in [3.8, 4) is 0 Å². The van der Waals surface area contributed by atoms with Gasteiger partial charge in [0.2, 0.25) is 0 Å². The number of rotatable bonds is 5. The molecule has 1 saturated carbocycles. The molecule has 1 aliphatic carbocycles. The van der Waals surface area contributed by atoms with Crippen molar-refractivity contribution in [1.29, 1.82) is 0 Å². The second-order valence-electron chi connectivity index (χ2n) is 12.1. The number of hydrogen-bond acceptors (Lipinski definition) is 4. The van der Waals surface area contributed by atoms with Crippen molar-refractivity contribution < 1.29 is 14.6 Å². The number of ether oxygens (including phenoxy) is 1. The number of likely N-dealkylation sites (tertiary alicyclic amines) is 1. The molecule has 4 aromatic rings. The summed E-state index contributed by atoms with van der Waals surface area (Å²) >= 11 is 6.21. The van der Waals surface area contributed by atoms with Crippen LogP contribution in [0.5, 0.6) is 0 Å². The Hall–Kier alpha value is -3.35. The molecule has 208 valence electrons. The van der Waals surface area contributed by atoms with Gasteiger partial charge in [-0.25, -0.2) is 9.78 Å². The summed E-state index contributed by atoms with van der Waals surface area (Å²) in [5.41, 5.74) is 2.41. The lowest BCUT2D eigenvalue weighted by Crippen LogP contribution is -2.42. The first-order valence-electron chi connectivity index (χ1n) is 14.2. The average Bonchev–Trinajstić information content (AvgIpc) is 3.72. The highest BCUT2D eigenvalue weighted by molar-refractivity contribution is 6.30. The summed E-state index contributed by atoms with van der Waals surface area (Å²) in [7, 11) is 0. The van der Waals surface area contributed by atoms with Gasteiger partial charge in [-0.2, -0.15) is 0 Å². The predicted molar refractivity (Wildman–Crippen MR) is 158 cm³/mol. The number of aromatic nitrogens is 2. The number of fused-ring (bicyclic) bond motifs is 1. The van der Waals surface area contributed by atoms with E-state index in [9.17, 15) is 9.90 Å². The molecule has 0 radical (unpaired) electrons. The molecule has 0 spiro atoms. The van der Waals surface area contributed by atoms with Crippen LogP contribution in [0, 0.1) is 0 Å². The minimum Gasteiger partial charge on any atom is -0.444 e. The Bertz CT molecular complexity index is 1510. The van der Waals surface area contributed by atoms with Gasteiger partial charge in [-0.05, 0) is 87.4 Å². The summed E-state index contributed by atoms with van der Waals surface area (Å²) in [4.78, 5) is 19.6. The highest BCUT2D eigenvalue weighted by Crippen LogP contribution is 2.44. The number of piperidine rings is 1. The molecule has 6 rings (SSSR count). The molecule has 6 nitrogen and oxygen atoms in total. The van der Waals surface area contributed by atoms with Gasteiger partial charge < -0.3 is 19.3 Å². The minimum atomic E-state index is -1.37. The molecule has 40 heavy (non-hydrogen) atoms. The van der Waals surface area contributed by atoms with E-state index < -0.39 is 11.2 Å². The Morgan fingerprint density at radius 3 is 2.15 bits per heavy atom. The lowest BCUT2D eigenvalue weighted by Gasteiger charge is -2.35. The zero-order chi connectivity index (χ0) is 28.1. The van der Waals surface area contributed by atoms with Gasteiger partial charge in [0.05, 0.1) is 11.0 Å². The van der Waals surface area contributed by atoms with Crippen LogP contribution < -0.4 is 0 Å². The Balaban J connectivity index is 1.40. The van der Waals surface area contributed by atoms with Crippen molar-refractivity contribution in [2.24, 2.45) is 0 Å². The van der Waals surface area contributed by atoms with Crippen LogP contribution >= 0.6 is 11.6 Å². The van der Waals surface area contributed by atoms with Crippen LogP contribution in [0.4, 0.5) is 4.79 Å². The number of carbonyl (C=O) groups is 1. The summed E-state index contributed by atoms with van der Waals surface area (Å²) in [5, 5.41) is 13.1. The second kappa shape index (κ2) is 10.2. The van der Waals surface area contributed by atoms with E-state index in [0.29, 0.717) is 24.0 Å². The van der Waals surface area contributed by atoms with Crippen molar-refractivity contribution >= 4 is 28.7 Å². The molecule has 1 aliphatic heterocycles. The molecular formula is C33H36ClN3O3. The SMILES string of the molecule is CC(C)(C)OC(=O)N1CCC(n2c(C3CC3)nc3ccc(C(O)(c4ccccc4)c4ccc(Cl)cc4)cc32)CC1. The van der Waals surface area contributed by atoms with Crippen molar-refractivity contribution in [2.75, 3.05) is 13.1 Å². The lowest BCUT2D eigenvalue weighted by atomic mass is 9.80. The average molecular weight is 558 g/mol. The highest BCUT2D eigenvalue weighted by Gasteiger charge is 2.37. The van der Waals surface area contributed by atoms with Gasteiger partial charge in [0.1, 0.15) is 17.0 Å². The Kier molecular flexibility index (Phi) is 6.87. The predicted octanol–water partition coefficient (Wildman–Crippen LogP) is 7.42. The minimum absolute atomic E-state index is 0.217. The van der Waals surface area contributed by atoms with E-state index in [1.807, 2.05) is 92.4 Å². The Labute approximate surface area is 240 Å². The van der Waals surface area contributed by atoms with Crippen LogP contribution in [0.3, 0.4) is 0 Å². The third kappa shape index (κ3) is 5.11. The van der Waals surface area contributed by atoms with Crippen LogP contribution in [0.2, 0.25) is 5.02 Å². The highest BCUT2D eigenvalue weighted by atomic mass is 35.5. The molecule has 1 amide bonds. The third-order valence-electron chi connectivity index (χ3n) is 8.01. The molecule has 2 heterocycles. The standard InChI is InChI=1S/C33H36ClN3O3/c1-32(2,3)40-31(38)36-19-17-27(18-20-36)37-29-21-25(13-16-28(29)35-30(37)22-9-10-22)33(39,23-7-5-4-6-8-23)24-11-14-26(34)15-12-24/h4-8,11-16,21-22,27,39H,9-10,17-20H2,1-3H3. The number of hydrogen-bond donors (Lipinski definition) is 1. The first-order chi connectivity index (χ1) is 19.1. The molecule has 1 saturated heterocycles. The molecule has 0 bridgehead atoms. The van der Waals surface area contributed by atoms with Gasteiger partial charge >= 0.3 is 6.09 Å². The first-order valence-corrected chi connectivity index (χ1v) is 14.6. The number of carbonyl (C=O) groups excluding carboxylic acids is 1. The zero-order valence-corrected chi connectivity index (χ0v) is 24.1.